The van der Waals surface area contributed by atoms with Gasteiger partial charge in [0.15, 0.2) is 0 Å². The number of hydrogen-bond donors (Lipinski definition) is 1. The normalized spacial score (nSPS) is 11.5. The molecule has 0 spiro atoms. The monoisotopic (exact) mass is 464 g/mol. The van der Waals surface area contributed by atoms with Crippen LogP contribution in [0.25, 0.3) is 0 Å². The molecular weight excluding hydrogens is 398 g/mol. The Kier molecular flexibility index (Phi) is 27.7. The van der Waals surface area contributed by atoms with Crippen molar-refractivity contribution < 1.29 is 0 Å². The minimum Gasteiger partial charge on any atom is -0.317 e. The van der Waals surface area contributed by atoms with Gasteiger partial charge < -0.3 is 5.32 Å². The van der Waals surface area contributed by atoms with E-state index in [2.05, 4.69) is 32.7 Å². The van der Waals surface area contributed by atoms with Gasteiger partial charge in [-0.05, 0) is 51.1 Å². The van der Waals surface area contributed by atoms with Crippen LogP contribution < -0.4 is 5.32 Å². The van der Waals surface area contributed by atoms with Crippen LogP contribution >= 0.6 is 0 Å². The standard InChI is InChI=1S/C32H65N/c1-5-8-11-13-17-21-26-32(27-22-18-14-12-9-6-2)30-31(4)25-20-16-15-19-24-29-33-28-23-10-7-3/h32-33H,4-30H2,1-3H3. The van der Waals surface area contributed by atoms with E-state index in [4.69, 9.17) is 0 Å². The molecule has 0 bridgehead atoms. The van der Waals surface area contributed by atoms with Crippen LogP contribution in [0.15, 0.2) is 12.2 Å². The van der Waals surface area contributed by atoms with Crippen LogP contribution in [-0.2, 0) is 0 Å². The van der Waals surface area contributed by atoms with Crippen LogP contribution in [0.1, 0.15) is 175 Å². The fourth-order valence-corrected chi connectivity index (χ4v) is 5.07. The van der Waals surface area contributed by atoms with Crippen molar-refractivity contribution in [1.82, 2.24) is 5.32 Å². The Hall–Kier alpha value is -0.300. The predicted octanol–water partition coefficient (Wildman–Crippen LogP) is 11.2. The lowest BCUT2D eigenvalue weighted by atomic mass is 9.87. The number of unbranched alkanes of at least 4 members (excludes halogenated alkanes) is 16. The van der Waals surface area contributed by atoms with Gasteiger partial charge in [-0.2, -0.15) is 0 Å². The van der Waals surface area contributed by atoms with Crippen molar-refractivity contribution >= 4 is 0 Å². The number of hydrogen-bond acceptors (Lipinski definition) is 1. The maximum atomic E-state index is 4.50. The third-order valence-electron chi connectivity index (χ3n) is 7.35. The molecule has 1 nitrogen and oxygen atoms in total. The van der Waals surface area contributed by atoms with Crippen LogP contribution in [0, 0.1) is 5.92 Å². The molecule has 0 amide bonds. The molecule has 0 saturated heterocycles. The zero-order chi connectivity index (χ0) is 24.2. The summed E-state index contributed by atoms with van der Waals surface area (Å²) in [7, 11) is 0. The lowest BCUT2D eigenvalue weighted by molar-refractivity contribution is 0.396. The summed E-state index contributed by atoms with van der Waals surface area (Å²) < 4.78 is 0. The van der Waals surface area contributed by atoms with Crippen LogP contribution in [0.2, 0.25) is 0 Å². The van der Waals surface area contributed by atoms with Gasteiger partial charge in [0.25, 0.3) is 0 Å². The molecule has 0 aromatic carbocycles. The van der Waals surface area contributed by atoms with E-state index in [1.54, 1.807) is 5.57 Å². The van der Waals surface area contributed by atoms with E-state index in [-0.39, 0.29) is 0 Å². The molecule has 0 radical (unpaired) electrons. The van der Waals surface area contributed by atoms with Crippen molar-refractivity contribution in [2.24, 2.45) is 5.92 Å². The number of nitrogens with one attached hydrogen (secondary N) is 1. The molecule has 0 rings (SSSR count). The van der Waals surface area contributed by atoms with E-state index in [1.165, 1.54) is 167 Å². The first-order valence-electron chi connectivity index (χ1n) is 15.6. The first kappa shape index (κ1) is 32.7. The number of rotatable bonds is 28. The zero-order valence-corrected chi connectivity index (χ0v) is 23.7. The summed E-state index contributed by atoms with van der Waals surface area (Å²) in [4.78, 5) is 0. The van der Waals surface area contributed by atoms with Gasteiger partial charge >= 0.3 is 0 Å². The van der Waals surface area contributed by atoms with E-state index >= 15 is 0 Å². The minimum absolute atomic E-state index is 0.911. The molecule has 0 fully saturated rings. The molecule has 0 unspecified atom stereocenters. The van der Waals surface area contributed by atoms with Crippen LogP contribution in [-0.4, -0.2) is 13.1 Å². The van der Waals surface area contributed by atoms with Gasteiger partial charge in [-0.25, -0.2) is 0 Å². The molecule has 198 valence electrons. The molecule has 33 heavy (non-hydrogen) atoms. The topological polar surface area (TPSA) is 12.0 Å². The lowest BCUT2D eigenvalue weighted by Gasteiger charge is -2.19. The SMILES string of the molecule is C=C(CCCCCCCNCCCCC)CC(CCCCCCCC)CCCCCCCC. The summed E-state index contributed by atoms with van der Waals surface area (Å²) >= 11 is 0. The van der Waals surface area contributed by atoms with Crippen LogP contribution in [0.5, 0.6) is 0 Å². The zero-order valence-electron chi connectivity index (χ0n) is 23.7. The number of allylic oxidation sites excluding steroid dienone is 1. The Bertz CT molecular complexity index is 359. The molecule has 0 heterocycles. The Morgan fingerprint density at radius 2 is 0.909 bits per heavy atom. The highest BCUT2D eigenvalue weighted by atomic mass is 14.8. The molecule has 0 saturated carbocycles. The molecule has 0 atom stereocenters. The van der Waals surface area contributed by atoms with Crippen molar-refractivity contribution in [3.05, 3.63) is 12.2 Å². The fourth-order valence-electron chi connectivity index (χ4n) is 5.07. The molecule has 0 aliphatic carbocycles. The first-order chi connectivity index (χ1) is 16.2. The maximum Gasteiger partial charge on any atom is -0.00489 e. The van der Waals surface area contributed by atoms with E-state index < -0.39 is 0 Å². The third kappa shape index (κ3) is 26.2. The van der Waals surface area contributed by atoms with Crippen molar-refractivity contribution in [2.45, 2.75) is 175 Å². The molecule has 0 aromatic heterocycles. The minimum atomic E-state index is 0.911. The highest BCUT2D eigenvalue weighted by Gasteiger charge is 2.10. The second kappa shape index (κ2) is 27.9. The third-order valence-corrected chi connectivity index (χ3v) is 7.35. The molecule has 1 N–H and O–H groups in total. The van der Waals surface area contributed by atoms with Crippen molar-refractivity contribution in [1.29, 1.82) is 0 Å². The van der Waals surface area contributed by atoms with Gasteiger partial charge in [0.1, 0.15) is 0 Å². The fraction of sp³-hybridized carbons (Fsp3) is 0.938. The van der Waals surface area contributed by atoms with Gasteiger partial charge in [-0.15, -0.1) is 0 Å². The van der Waals surface area contributed by atoms with Crippen molar-refractivity contribution in [3.8, 4) is 0 Å². The summed E-state index contributed by atoms with van der Waals surface area (Å²) in [5, 5.41) is 3.60. The summed E-state index contributed by atoms with van der Waals surface area (Å²) in [5.41, 5.74) is 1.55. The van der Waals surface area contributed by atoms with Crippen molar-refractivity contribution in [3.63, 3.8) is 0 Å². The van der Waals surface area contributed by atoms with E-state index in [9.17, 15) is 0 Å². The molecule has 0 aliphatic heterocycles. The van der Waals surface area contributed by atoms with Gasteiger partial charge in [0.05, 0.1) is 0 Å². The molecular formula is C32H65N. The van der Waals surface area contributed by atoms with Gasteiger partial charge in [0.2, 0.25) is 0 Å². The van der Waals surface area contributed by atoms with Gasteiger partial charge in [0, 0.05) is 0 Å². The van der Waals surface area contributed by atoms with Crippen LogP contribution in [0.3, 0.4) is 0 Å². The quantitative estimate of drug-likeness (QED) is 0.0898. The second-order valence-corrected chi connectivity index (χ2v) is 10.9. The van der Waals surface area contributed by atoms with E-state index in [1.807, 2.05) is 0 Å². The highest BCUT2D eigenvalue weighted by molar-refractivity contribution is 4.95. The van der Waals surface area contributed by atoms with Gasteiger partial charge in [-0.3, -0.25) is 0 Å². The Morgan fingerprint density at radius 3 is 1.45 bits per heavy atom. The van der Waals surface area contributed by atoms with E-state index in [0.29, 0.717) is 0 Å². The van der Waals surface area contributed by atoms with Crippen LogP contribution in [0.4, 0.5) is 0 Å². The maximum absolute atomic E-state index is 4.50. The summed E-state index contributed by atoms with van der Waals surface area (Å²) in [6.45, 7) is 13.8. The summed E-state index contributed by atoms with van der Waals surface area (Å²) in [6, 6.07) is 0. The second-order valence-electron chi connectivity index (χ2n) is 10.9. The Morgan fingerprint density at radius 1 is 0.515 bits per heavy atom. The summed E-state index contributed by atoms with van der Waals surface area (Å²) in [6.07, 6.45) is 33.6. The van der Waals surface area contributed by atoms with Gasteiger partial charge in [-0.1, -0.05) is 155 Å². The summed E-state index contributed by atoms with van der Waals surface area (Å²) in [5.74, 6) is 0.911. The lowest BCUT2D eigenvalue weighted by Crippen LogP contribution is -2.16. The molecule has 0 aromatic rings. The Balaban J connectivity index is 3.89. The average molecular weight is 464 g/mol. The molecule has 0 aliphatic rings. The predicted molar refractivity (Wildman–Crippen MR) is 153 cm³/mol. The highest BCUT2D eigenvalue weighted by Crippen LogP contribution is 2.27. The Labute approximate surface area is 211 Å². The first-order valence-corrected chi connectivity index (χ1v) is 15.6. The van der Waals surface area contributed by atoms with Crippen molar-refractivity contribution in [2.75, 3.05) is 13.1 Å². The largest absolute Gasteiger partial charge is 0.317 e. The van der Waals surface area contributed by atoms with E-state index in [0.717, 1.165) is 5.92 Å². The average Bonchev–Trinajstić information content (AvgIpc) is 2.81. The molecule has 1 heteroatoms. The smallest absolute Gasteiger partial charge is 0.00489 e.